The lowest BCUT2D eigenvalue weighted by atomic mass is 10.0. The van der Waals surface area contributed by atoms with E-state index in [0.717, 1.165) is 25.1 Å². The van der Waals surface area contributed by atoms with E-state index >= 15 is 0 Å². The summed E-state index contributed by atoms with van der Waals surface area (Å²) in [5, 5.41) is 20.0. The van der Waals surface area contributed by atoms with Crippen molar-refractivity contribution >= 4 is 23.7 Å². The molecular weight excluding hydrogens is 372 g/mol. The molecule has 1 aromatic carbocycles. The van der Waals surface area contributed by atoms with E-state index < -0.39 is 11.9 Å². The standard InChI is InChI=1S/C18H26N2O.C4H4O4/c1-20(2)13-14-21-19-18-12-8-4-7-11-17(18)15-16-9-5-3-6-10-16;5-3(6)1-2-4(7)8/h3,5-6,9-10,15H,4,7-8,11-14H2,1-2H3;1-2H,(H,5,6)(H,7,8)/b17-15-,19-18+;2-1+. The zero-order chi connectivity index (χ0) is 21.5. The summed E-state index contributed by atoms with van der Waals surface area (Å²) in [6, 6.07) is 10.5. The Morgan fingerprint density at radius 3 is 2.24 bits per heavy atom. The van der Waals surface area contributed by atoms with Gasteiger partial charge in [-0.25, -0.2) is 9.59 Å². The molecule has 1 fully saturated rings. The molecule has 0 saturated heterocycles. The van der Waals surface area contributed by atoms with Gasteiger partial charge in [-0.1, -0.05) is 41.9 Å². The number of oxime groups is 1. The number of allylic oxidation sites excluding steroid dienone is 1. The Labute approximate surface area is 172 Å². The smallest absolute Gasteiger partial charge is 0.328 e. The highest BCUT2D eigenvalue weighted by molar-refractivity contribution is 6.03. The highest BCUT2D eigenvalue weighted by atomic mass is 16.6. The average Bonchev–Trinajstić information content (AvgIpc) is 2.90. The maximum absolute atomic E-state index is 9.55. The fourth-order valence-corrected chi connectivity index (χ4v) is 2.59. The summed E-state index contributed by atoms with van der Waals surface area (Å²) in [5.41, 5.74) is 3.72. The minimum atomic E-state index is -1.26. The van der Waals surface area contributed by atoms with Crippen LogP contribution in [0.2, 0.25) is 0 Å². The molecule has 0 spiro atoms. The normalized spacial score (nSPS) is 17.1. The summed E-state index contributed by atoms with van der Waals surface area (Å²) in [4.78, 5) is 26.7. The van der Waals surface area contributed by atoms with E-state index in [4.69, 9.17) is 15.1 Å². The van der Waals surface area contributed by atoms with Gasteiger partial charge in [0, 0.05) is 18.7 Å². The van der Waals surface area contributed by atoms with Gasteiger partial charge in [0.2, 0.25) is 0 Å². The molecule has 29 heavy (non-hydrogen) atoms. The van der Waals surface area contributed by atoms with Crippen LogP contribution >= 0.6 is 0 Å². The van der Waals surface area contributed by atoms with E-state index in [2.05, 4.69) is 46.5 Å². The number of carboxylic acid groups (broad SMARTS) is 2. The highest BCUT2D eigenvalue weighted by Crippen LogP contribution is 2.23. The van der Waals surface area contributed by atoms with Crippen molar-refractivity contribution in [2.45, 2.75) is 32.1 Å². The molecule has 0 amide bonds. The van der Waals surface area contributed by atoms with Crippen molar-refractivity contribution in [1.82, 2.24) is 4.90 Å². The van der Waals surface area contributed by atoms with Gasteiger partial charge in [0.25, 0.3) is 0 Å². The Bertz CT molecular complexity index is 708. The number of benzene rings is 1. The fourth-order valence-electron chi connectivity index (χ4n) is 2.59. The average molecular weight is 402 g/mol. The number of rotatable bonds is 7. The Morgan fingerprint density at radius 2 is 1.66 bits per heavy atom. The van der Waals surface area contributed by atoms with Crippen molar-refractivity contribution < 1.29 is 24.6 Å². The predicted molar refractivity (Wildman–Crippen MR) is 114 cm³/mol. The Morgan fingerprint density at radius 1 is 1.03 bits per heavy atom. The second-order valence-corrected chi connectivity index (χ2v) is 6.83. The van der Waals surface area contributed by atoms with E-state index in [1.165, 1.54) is 30.4 Å². The van der Waals surface area contributed by atoms with Crippen LogP contribution in [0, 0.1) is 0 Å². The van der Waals surface area contributed by atoms with Crippen LogP contribution in [0.5, 0.6) is 0 Å². The van der Waals surface area contributed by atoms with Crippen molar-refractivity contribution in [2.75, 3.05) is 27.2 Å². The molecule has 7 heteroatoms. The molecule has 1 aromatic rings. The topological polar surface area (TPSA) is 99.4 Å². The van der Waals surface area contributed by atoms with Gasteiger partial charge in [-0.15, -0.1) is 0 Å². The van der Waals surface area contributed by atoms with Crippen molar-refractivity contribution in [3.05, 3.63) is 53.6 Å². The van der Waals surface area contributed by atoms with Crippen LogP contribution in [0.4, 0.5) is 0 Å². The number of hydrogen-bond acceptors (Lipinski definition) is 5. The van der Waals surface area contributed by atoms with Gasteiger partial charge in [-0.3, -0.25) is 0 Å². The molecule has 0 heterocycles. The van der Waals surface area contributed by atoms with Crippen LogP contribution in [0.25, 0.3) is 6.08 Å². The maximum Gasteiger partial charge on any atom is 0.328 e. The lowest BCUT2D eigenvalue weighted by molar-refractivity contribution is -0.134. The molecule has 0 aliphatic heterocycles. The zero-order valence-corrected chi connectivity index (χ0v) is 17.1. The van der Waals surface area contributed by atoms with Gasteiger partial charge in [-0.2, -0.15) is 0 Å². The van der Waals surface area contributed by atoms with Crippen LogP contribution in [0.1, 0.15) is 37.7 Å². The first-order valence-electron chi connectivity index (χ1n) is 9.62. The van der Waals surface area contributed by atoms with Crippen LogP contribution in [0.3, 0.4) is 0 Å². The summed E-state index contributed by atoms with van der Waals surface area (Å²) in [7, 11) is 4.09. The second-order valence-electron chi connectivity index (χ2n) is 6.83. The SMILES string of the molecule is CN(C)CCO/N=C1\CCCCC\C1=C\c1ccccc1.O=C(O)/C=C/C(=O)O. The Hall–Kier alpha value is -2.93. The molecule has 1 saturated carbocycles. The number of carboxylic acids is 2. The van der Waals surface area contributed by atoms with E-state index in [1.54, 1.807) is 0 Å². The molecular formula is C22H30N2O5. The molecule has 0 radical (unpaired) electrons. The molecule has 1 aliphatic rings. The minimum absolute atomic E-state index is 0.558. The second kappa shape index (κ2) is 14.1. The quantitative estimate of drug-likeness (QED) is 0.312. The molecule has 2 N–H and O–H groups in total. The first-order chi connectivity index (χ1) is 13.9. The van der Waals surface area contributed by atoms with Crippen LogP contribution in [-0.4, -0.2) is 60.0 Å². The zero-order valence-electron chi connectivity index (χ0n) is 17.1. The third-order valence-corrected chi connectivity index (χ3v) is 4.04. The molecule has 1 aliphatic carbocycles. The van der Waals surface area contributed by atoms with E-state index in [1.807, 2.05) is 14.1 Å². The third kappa shape index (κ3) is 12.2. The summed E-state index contributed by atoms with van der Waals surface area (Å²) in [5.74, 6) is -2.51. The molecule has 0 aromatic heterocycles. The maximum atomic E-state index is 9.55. The van der Waals surface area contributed by atoms with Crippen LogP contribution in [-0.2, 0) is 14.4 Å². The third-order valence-electron chi connectivity index (χ3n) is 4.04. The largest absolute Gasteiger partial charge is 0.478 e. The first-order valence-corrected chi connectivity index (χ1v) is 9.62. The van der Waals surface area contributed by atoms with Gasteiger partial charge in [0.05, 0.1) is 5.71 Å². The summed E-state index contributed by atoms with van der Waals surface area (Å²) in [6.07, 6.45) is 9.25. The minimum Gasteiger partial charge on any atom is -0.478 e. The van der Waals surface area contributed by atoms with Crippen molar-refractivity contribution in [3.8, 4) is 0 Å². The van der Waals surface area contributed by atoms with Crippen LogP contribution in [0.15, 0.2) is 53.2 Å². The van der Waals surface area contributed by atoms with E-state index in [-0.39, 0.29) is 0 Å². The van der Waals surface area contributed by atoms with Gasteiger partial charge in [0.1, 0.15) is 6.61 Å². The summed E-state index contributed by atoms with van der Waals surface area (Å²) < 4.78 is 0. The van der Waals surface area contributed by atoms with Gasteiger partial charge in [-0.05, 0) is 57.0 Å². The molecule has 2 rings (SSSR count). The molecule has 7 nitrogen and oxygen atoms in total. The van der Waals surface area contributed by atoms with Gasteiger partial charge in [0.15, 0.2) is 0 Å². The lowest BCUT2D eigenvalue weighted by Crippen LogP contribution is -2.17. The Kier molecular flexibility index (Phi) is 11.7. The number of hydrogen-bond donors (Lipinski definition) is 2. The number of likely N-dealkylation sites (N-methyl/N-ethyl adjacent to an activating group) is 1. The molecule has 0 atom stereocenters. The summed E-state index contributed by atoms with van der Waals surface area (Å²) >= 11 is 0. The monoisotopic (exact) mass is 402 g/mol. The van der Waals surface area contributed by atoms with Crippen molar-refractivity contribution in [2.24, 2.45) is 5.16 Å². The van der Waals surface area contributed by atoms with Crippen molar-refractivity contribution in [3.63, 3.8) is 0 Å². The van der Waals surface area contributed by atoms with Gasteiger partial charge >= 0.3 is 11.9 Å². The fraction of sp³-hybridized carbons (Fsp3) is 0.409. The van der Waals surface area contributed by atoms with Crippen LogP contribution < -0.4 is 0 Å². The molecule has 0 unspecified atom stereocenters. The number of carbonyl (C=O) groups is 2. The predicted octanol–water partition coefficient (Wildman–Crippen LogP) is 3.68. The molecule has 158 valence electrons. The Balaban J connectivity index is 0.000000447. The van der Waals surface area contributed by atoms with E-state index in [0.29, 0.717) is 18.8 Å². The number of nitrogens with zero attached hydrogens (tertiary/aromatic N) is 2. The first kappa shape index (κ1) is 24.1. The highest BCUT2D eigenvalue weighted by Gasteiger charge is 2.12. The van der Waals surface area contributed by atoms with E-state index in [9.17, 15) is 9.59 Å². The lowest BCUT2D eigenvalue weighted by Gasteiger charge is -2.10. The van der Waals surface area contributed by atoms with Gasteiger partial charge < -0.3 is 20.0 Å². The summed E-state index contributed by atoms with van der Waals surface area (Å²) in [6.45, 7) is 1.55. The number of aliphatic carboxylic acids is 2. The van der Waals surface area contributed by atoms with Crippen molar-refractivity contribution in [1.29, 1.82) is 0 Å². The molecule has 0 bridgehead atoms.